The molecule has 0 spiro atoms. The first-order valence-electron chi connectivity index (χ1n) is 6.13. The average Bonchev–Trinajstić information content (AvgIpc) is 3.18. The smallest absolute Gasteiger partial charge is 0.341 e. The number of hydrogen-bond acceptors (Lipinski definition) is 3. The van der Waals surface area contributed by atoms with Crippen molar-refractivity contribution >= 4 is 5.97 Å². The number of ether oxygens (including phenoxy) is 1. The molecule has 1 saturated carbocycles. The van der Waals surface area contributed by atoms with Gasteiger partial charge in [-0.3, -0.25) is 0 Å². The van der Waals surface area contributed by atoms with Crippen LogP contribution in [0.3, 0.4) is 0 Å². The summed E-state index contributed by atoms with van der Waals surface area (Å²) >= 11 is 0. The summed E-state index contributed by atoms with van der Waals surface area (Å²) in [5.41, 5.74) is 2.10. The van der Waals surface area contributed by atoms with Gasteiger partial charge in [-0.05, 0) is 37.1 Å². The van der Waals surface area contributed by atoms with Crippen LogP contribution in [0, 0.1) is 5.82 Å². The third-order valence-electron chi connectivity index (χ3n) is 3.25. The van der Waals surface area contributed by atoms with Gasteiger partial charge >= 0.3 is 5.97 Å². The molecule has 19 heavy (non-hydrogen) atoms. The Kier molecular flexibility index (Phi) is 2.81. The first kappa shape index (κ1) is 11.9. The zero-order valence-electron chi connectivity index (χ0n) is 10.5. The molecular formula is C14H13FN2O2. The van der Waals surface area contributed by atoms with Crippen molar-refractivity contribution in [1.82, 2.24) is 9.78 Å². The van der Waals surface area contributed by atoms with Gasteiger partial charge in [-0.1, -0.05) is 0 Å². The summed E-state index contributed by atoms with van der Waals surface area (Å²) < 4.78 is 19.4. The van der Waals surface area contributed by atoms with E-state index >= 15 is 0 Å². The molecule has 1 aliphatic carbocycles. The third kappa shape index (κ3) is 2.12. The molecule has 1 fully saturated rings. The van der Waals surface area contributed by atoms with E-state index in [9.17, 15) is 9.18 Å². The summed E-state index contributed by atoms with van der Waals surface area (Å²) in [6.07, 6.45) is 3.59. The summed E-state index contributed by atoms with van der Waals surface area (Å²) in [5.74, 6) is -0.339. The predicted molar refractivity (Wildman–Crippen MR) is 66.8 cm³/mol. The van der Waals surface area contributed by atoms with Crippen molar-refractivity contribution in [3.63, 3.8) is 0 Å². The van der Waals surface area contributed by atoms with Crippen LogP contribution in [0.25, 0.3) is 5.69 Å². The van der Waals surface area contributed by atoms with Gasteiger partial charge in [-0.2, -0.15) is 5.10 Å². The van der Waals surface area contributed by atoms with E-state index < -0.39 is 0 Å². The SMILES string of the molecule is COC(=O)c1cnn(-c2ccc(F)cc2)c1C1CC1. The Morgan fingerprint density at radius 3 is 2.63 bits per heavy atom. The van der Waals surface area contributed by atoms with Crippen LogP contribution < -0.4 is 0 Å². The van der Waals surface area contributed by atoms with Crippen LogP contribution >= 0.6 is 0 Å². The lowest BCUT2D eigenvalue weighted by molar-refractivity contribution is 0.0599. The van der Waals surface area contributed by atoms with Crippen LogP contribution in [-0.4, -0.2) is 22.9 Å². The minimum absolute atomic E-state index is 0.294. The fourth-order valence-electron chi connectivity index (χ4n) is 2.16. The third-order valence-corrected chi connectivity index (χ3v) is 3.25. The Hall–Kier alpha value is -2.17. The van der Waals surface area contributed by atoms with Gasteiger partial charge in [0.05, 0.1) is 24.7 Å². The molecule has 1 aromatic carbocycles. The first-order valence-corrected chi connectivity index (χ1v) is 6.13. The molecule has 1 aromatic heterocycles. The van der Waals surface area contributed by atoms with Gasteiger partial charge in [0.2, 0.25) is 0 Å². The van der Waals surface area contributed by atoms with Crippen molar-refractivity contribution in [3.8, 4) is 5.69 Å². The maximum atomic E-state index is 13.0. The number of aromatic nitrogens is 2. The van der Waals surface area contributed by atoms with E-state index in [0.29, 0.717) is 11.5 Å². The molecule has 98 valence electrons. The van der Waals surface area contributed by atoms with E-state index in [0.717, 1.165) is 24.2 Å². The molecule has 0 unspecified atom stereocenters. The van der Waals surface area contributed by atoms with Crippen molar-refractivity contribution in [2.75, 3.05) is 7.11 Å². The Labute approximate surface area is 109 Å². The Balaban J connectivity index is 2.08. The van der Waals surface area contributed by atoms with Crippen LogP contribution in [0.4, 0.5) is 4.39 Å². The fourth-order valence-corrected chi connectivity index (χ4v) is 2.16. The minimum atomic E-state index is -0.379. The number of carbonyl (C=O) groups is 1. The second-order valence-electron chi connectivity index (χ2n) is 4.60. The summed E-state index contributed by atoms with van der Waals surface area (Å²) in [6, 6.07) is 6.06. The molecule has 0 N–H and O–H groups in total. The molecule has 2 aromatic rings. The zero-order valence-corrected chi connectivity index (χ0v) is 10.5. The van der Waals surface area contributed by atoms with E-state index in [2.05, 4.69) is 5.10 Å². The standard InChI is InChI=1S/C14H13FN2O2/c1-19-14(18)12-8-16-17(13(12)9-2-3-9)11-6-4-10(15)5-7-11/h4-9H,2-3H2,1H3. The number of benzene rings is 1. The molecule has 0 radical (unpaired) electrons. The van der Waals surface area contributed by atoms with Crippen LogP contribution in [0.2, 0.25) is 0 Å². The number of nitrogens with zero attached hydrogens (tertiary/aromatic N) is 2. The van der Waals surface area contributed by atoms with E-state index in [1.165, 1.54) is 25.4 Å². The van der Waals surface area contributed by atoms with Crippen LogP contribution in [0.15, 0.2) is 30.5 Å². The quantitative estimate of drug-likeness (QED) is 0.797. The molecule has 0 atom stereocenters. The van der Waals surface area contributed by atoms with Crippen LogP contribution in [0.5, 0.6) is 0 Å². The number of hydrogen-bond donors (Lipinski definition) is 0. The molecule has 0 saturated heterocycles. The summed E-state index contributed by atoms with van der Waals surface area (Å²) in [7, 11) is 1.36. The van der Waals surface area contributed by atoms with Crippen molar-refractivity contribution < 1.29 is 13.9 Å². The van der Waals surface area contributed by atoms with Crippen LogP contribution in [0.1, 0.15) is 34.8 Å². The average molecular weight is 260 g/mol. The van der Waals surface area contributed by atoms with Crippen molar-refractivity contribution in [1.29, 1.82) is 0 Å². The minimum Gasteiger partial charge on any atom is -0.465 e. The number of rotatable bonds is 3. The van der Waals surface area contributed by atoms with Gasteiger partial charge < -0.3 is 4.74 Å². The molecule has 0 bridgehead atoms. The maximum absolute atomic E-state index is 13.0. The largest absolute Gasteiger partial charge is 0.465 e. The molecular weight excluding hydrogens is 247 g/mol. The normalized spacial score (nSPS) is 14.4. The fraction of sp³-hybridized carbons (Fsp3) is 0.286. The topological polar surface area (TPSA) is 44.1 Å². The van der Waals surface area contributed by atoms with Crippen molar-refractivity contribution in [3.05, 3.63) is 47.5 Å². The molecule has 0 aliphatic heterocycles. The highest BCUT2D eigenvalue weighted by atomic mass is 19.1. The Morgan fingerprint density at radius 2 is 2.05 bits per heavy atom. The predicted octanol–water partition coefficient (Wildman–Crippen LogP) is 2.68. The zero-order chi connectivity index (χ0) is 13.4. The van der Waals surface area contributed by atoms with E-state index in [1.54, 1.807) is 16.8 Å². The second kappa shape index (κ2) is 4.50. The number of halogens is 1. The lowest BCUT2D eigenvalue weighted by Crippen LogP contribution is -2.07. The summed E-state index contributed by atoms with van der Waals surface area (Å²) in [5, 5.41) is 4.24. The highest BCUT2D eigenvalue weighted by Crippen LogP contribution is 2.42. The van der Waals surface area contributed by atoms with Gasteiger partial charge in [-0.25, -0.2) is 13.9 Å². The summed E-state index contributed by atoms with van der Waals surface area (Å²) in [6.45, 7) is 0. The lowest BCUT2D eigenvalue weighted by Gasteiger charge is -2.08. The Bertz CT molecular complexity index is 615. The van der Waals surface area contributed by atoms with Crippen molar-refractivity contribution in [2.45, 2.75) is 18.8 Å². The van der Waals surface area contributed by atoms with Gasteiger partial charge in [0.1, 0.15) is 11.4 Å². The molecule has 3 rings (SSSR count). The van der Waals surface area contributed by atoms with Crippen LogP contribution in [-0.2, 0) is 4.74 Å². The number of methoxy groups -OCH3 is 1. The maximum Gasteiger partial charge on any atom is 0.341 e. The molecule has 5 heteroatoms. The Morgan fingerprint density at radius 1 is 1.37 bits per heavy atom. The second-order valence-corrected chi connectivity index (χ2v) is 4.60. The molecule has 1 heterocycles. The first-order chi connectivity index (χ1) is 9.20. The van der Waals surface area contributed by atoms with Gasteiger partial charge in [0.25, 0.3) is 0 Å². The lowest BCUT2D eigenvalue weighted by atomic mass is 10.1. The number of esters is 1. The van der Waals surface area contributed by atoms with Gasteiger partial charge in [0.15, 0.2) is 0 Å². The van der Waals surface area contributed by atoms with E-state index in [-0.39, 0.29) is 11.8 Å². The monoisotopic (exact) mass is 260 g/mol. The van der Waals surface area contributed by atoms with E-state index in [1.807, 2.05) is 0 Å². The van der Waals surface area contributed by atoms with Gasteiger partial charge in [0, 0.05) is 5.92 Å². The highest BCUT2D eigenvalue weighted by molar-refractivity contribution is 5.90. The molecule has 1 aliphatic rings. The molecule has 4 nitrogen and oxygen atoms in total. The highest BCUT2D eigenvalue weighted by Gasteiger charge is 2.33. The summed E-state index contributed by atoms with van der Waals surface area (Å²) in [4.78, 5) is 11.7. The van der Waals surface area contributed by atoms with Crippen molar-refractivity contribution in [2.24, 2.45) is 0 Å². The van der Waals surface area contributed by atoms with E-state index in [4.69, 9.17) is 4.74 Å². The molecule has 0 amide bonds. The number of carbonyl (C=O) groups excluding carboxylic acids is 1. The van der Waals surface area contributed by atoms with Gasteiger partial charge in [-0.15, -0.1) is 0 Å².